The van der Waals surface area contributed by atoms with Crippen LogP contribution in [0, 0.1) is 13.8 Å². The summed E-state index contributed by atoms with van der Waals surface area (Å²) in [5, 5.41) is 11.7. The number of carbonyl (C=O) groups excluding carboxylic acids is 2. The molecule has 1 amide bonds. The van der Waals surface area contributed by atoms with E-state index in [0.29, 0.717) is 29.4 Å². The fourth-order valence-electron chi connectivity index (χ4n) is 4.40. The van der Waals surface area contributed by atoms with Gasteiger partial charge in [-0.1, -0.05) is 29.8 Å². The van der Waals surface area contributed by atoms with Crippen LogP contribution in [-0.4, -0.2) is 30.5 Å². The molecule has 1 unspecified atom stereocenters. The molecule has 35 heavy (non-hydrogen) atoms. The van der Waals surface area contributed by atoms with Crippen molar-refractivity contribution >= 4 is 34.7 Å². The zero-order chi connectivity index (χ0) is 25.3. The van der Waals surface area contributed by atoms with Gasteiger partial charge in [-0.3, -0.25) is 14.5 Å². The molecular formula is C28H26ClNO5. The molecule has 0 bridgehead atoms. The van der Waals surface area contributed by atoms with Gasteiger partial charge in [0, 0.05) is 11.3 Å². The minimum absolute atomic E-state index is 0.0574. The van der Waals surface area contributed by atoms with Crippen molar-refractivity contribution in [3.05, 3.63) is 93.5 Å². The number of rotatable bonds is 6. The third-order valence-corrected chi connectivity index (χ3v) is 6.17. The van der Waals surface area contributed by atoms with Crippen LogP contribution >= 0.6 is 11.6 Å². The third-order valence-electron chi connectivity index (χ3n) is 5.84. The van der Waals surface area contributed by atoms with Crippen LogP contribution in [0.15, 0.2) is 66.2 Å². The van der Waals surface area contributed by atoms with E-state index in [-0.39, 0.29) is 21.9 Å². The lowest BCUT2D eigenvalue weighted by molar-refractivity contribution is -0.132. The van der Waals surface area contributed by atoms with E-state index >= 15 is 0 Å². The Hall–Kier alpha value is -3.77. The number of hydrogen-bond acceptors (Lipinski definition) is 5. The van der Waals surface area contributed by atoms with Crippen LogP contribution in [0.4, 0.5) is 5.69 Å². The normalized spacial score (nSPS) is 17.1. The first kappa shape index (κ1) is 24.4. The first-order chi connectivity index (χ1) is 16.7. The Balaban J connectivity index is 1.99. The second-order valence-electron chi connectivity index (χ2n) is 8.37. The highest BCUT2D eigenvalue weighted by Gasteiger charge is 2.47. The fraction of sp³-hybridized carbons (Fsp3) is 0.214. The summed E-state index contributed by atoms with van der Waals surface area (Å²) in [6, 6.07) is 16.7. The maximum Gasteiger partial charge on any atom is 0.300 e. The van der Waals surface area contributed by atoms with Crippen molar-refractivity contribution in [2.45, 2.75) is 26.8 Å². The topological polar surface area (TPSA) is 76.1 Å². The molecule has 1 aliphatic heterocycles. The SMILES string of the molecule is CCOc1ccc(Cl)c(/C(O)=C2\C(=O)C(=O)N(c3cc(C)cc(C)c3)C2c2cccc(OC)c2)c1. The second kappa shape index (κ2) is 9.84. The number of methoxy groups -OCH3 is 1. The van der Waals surface area contributed by atoms with Crippen molar-refractivity contribution in [3.63, 3.8) is 0 Å². The molecule has 1 fully saturated rings. The number of Topliss-reactive ketones (excluding diaryl/α,β-unsaturated/α-hetero) is 1. The number of aryl methyl sites for hydroxylation is 2. The average molecular weight is 492 g/mol. The van der Waals surface area contributed by atoms with Crippen LogP contribution in [0.3, 0.4) is 0 Å². The Morgan fingerprint density at radius 1 is 1.00 bits per heavy atom. The van der Waals surface area contributed by atoms with Gasteiger partial charge in [0.05, 0.1) is 30.4 Å². The van der Waals surface area contributed by atoms with Gasteiger partial charge >= 0.3 is 0 Å². The highest BCUT2D eigenvalue weighted by atomic mass is 35.5. The van der Waals surface area contributed by atoms with E-state index in [0.717, 1.165) is 11.1 Å². The van der Waals surface area contributed by atoms with E-state index in [4.69, 9.17) is 21.1 Å². The Bertz CT molecular complexity index is 1330. The smallest absolute Gasteiger partial charge is 0.300 e. The van der Waals surface area contributed by atoms with Gasteiger partial charge in [-0.25, -0.2) is 0 Å². The molecule has 4 rings (SSSR count). The van der Waals surface area contributed by atoms with Crippen LogP contribution in [0.25, 0.3) is 5.76 Å². The molecule has 1 N–H and O–H groups in total. The van der Waals surface area contributed by atoms with E-state index < -0.39 is 17.7 Å². The summed E-state index contributed by atoms with van der Waals surface area (Å²) >= 11 is 6.41. The van der Waals surface area contributed by atoms with Crippen LogP contribution in [0.5, 0.6) is 11.5 Å². The van der Waals surface area contributed by atoms with Gasteiger partial charge < -0.3 is 14.6 Å². The Kier molecular flexibility index (Phi) is 6.85. The van der Waals surface area contributed by atoms with Crippen molar-refractivity contribution in [2.24, 2.45) is 0 Å². The third kappa shape index (κ3) is 4.62. The number of carbonyl (C=O) groups is 2. The molecule has 1 saturated heterocycles. The quantitative estimate of drug-likeness (QED) is 0.260. The van der Waals surface area contributed by atoms with E-state index in [1.54, 1.807) is 49.6 Å². The molecule has 0 aromatic heterocycles. The molecule has 3 aromatic carbocycles. The maximum atomic E-state index is 13.4. The number of ketones is 1. The van der Waals surface area contributed by atoms with E-state index in [1.807, 2.05) is 39.0 Å². The minimum atomic E-state index is -0.891. The molecule has 0 radical (unpaired) electrons. The van der Waals surface area contributed by atoms with Crippen molar-refractivity contribution in [3.8, 4) is 11.5 Å². The van der Waals surface area contributed by atoms with Gasteiger partial charge in [0.1, 0.15) is 17.3 Å². The lowest BCUT2D eigenvalue weighted by Gasteiger charge is -2.26. The number of halogens is 1. The highest BCUT2D eigenvalue weighted by Crippen LogP contribution is 2.44. The van der Waals surface area contributed by atoms with Crippen molar-refractivity contribution in [1.82, 2.24) is 0 Å². The second-order valence-corrected chi connectivity index (χ2v) is 8.77. The Morgan fingerprint density at radius 2 is 1.71 bits per heavy atom. The van der Waals surface area contributed by atoms with Gasteiger partial charge in [0.25, 0.3) is 11.7 Å². The largest absolute Gasteiger partial charge is 0.507 e. The number of aliphatic hydroxyl groups is 1. The summed E-state index contributed by atoms with van der Waals surface area (Å²) < 4.78 is 10.9. The number of hydrogen-bond donors (Lipinski definition) is 1. The predicted octanol–water partition coefficient (Wildman–Crippen LogP) is 5.99. The standard InChI is InChI=1S/C28H26ClNO5/c1-5-35-21-9-10-23(29)22(15-21)26(31)24-25(18-7-6-8-20(14-18)34-4)30(28(33)27(24)32)19-12-16(2)11-17(3)13-19/h6-15,25,31H,5H2,1-4H3/b26-24+. The zero-order valence-corrected chi connectivity index (χ0v) is 20.7. The molecular weight excluding hydrogens is 466 g/mol. The van der Waals surface area contributed by atoms with Crippen LogP contribution in [0.2, 0.25) is 5.02 Å². The number of aliphatic hydroxyl groups excluding tert-OH is 1. The van der Waals surface area contributed by atoms with Gasteiger partial charge in [0.2, 0.25) is 0 Å². The molecule has 1 atom stereocenters. The number of ether oxygens (including phenoxy) is 2. The van der Waals surface area contributed by atoms with Gasteiger partial charge in [-0.05, 0) is 79.9 Å². The predicted molar refractivity (Wildman–Crippen MR) is 136 cm³/mol. The average Bonchev–Trinajstić information content (AvgIpc) is 3.10. The van der Waals surface area contributed by atoms with Crippen LogP contribution in [-0.2, 0) is 9.59 Å². The van der Waals surface area contributed by atoms with E-state index in [2.05, 4.69) is 0 Å². The molecule has 1 heterocycles. The van der Waals surface area contributed by atoms with Crippen LogP contribution in [0.1, 0.15) is 35.2 Å². The Morgan fingerprint density at radius 3 is 2.37 bits per heavy atom. The first-order valence-electron chi connectivity index (χ1n) is 11.2. The maximum absolute atomic E-state index is 13.4. The summed E-state index contributed by atoms with van der Waals surface area (Å²) in [4.78, 5) is 28.2. The summed E-state index contributed by atoms with van der Waals surface area (Å²) in [6.45, 7) is 6.11. The van der Waals surface area contributed by atoms with Gasteiger partial charge in [-0.15, -0.1) is 0 Å². The monoisotopic (exact) mass is 491 g/mol. The molecule has 180 valence electrons. The van der Waals surface area contributed by atoms with Crippen LogP contribution < -0.4 is 14.4 Å². The highest BCUT2D eigenvalue weighted by molar-refractivity contribution is 6.52. The first-order valence-corrected chi connectivity index (χ1v) is 11.6. The summed E-state index contributed by atoms with van der Waals surface area (Å²) in [5.41, 5.74) is 3.21. The van der Waals surface area contributed by atoms with E-state index in [9.17, 15) is 14.7 Å². The summed E-state index contributed by atoms with van der Waals surface area (Å²) in [7, 11) is 1.54. The molecule has 1 aliphatic rings. The van der Waals surface area contributed by atoms with E-state index in [1.165, 1.54) is 4.90 Å². The number of nitrogens with zero attached hydrogens (tertiary/aromatic N) is 1. The molecule has 3 aromatic rings. The number of benzene rings is 3. The zero-order valence-electron chi connectivity index (χ0n) is 20.0. The van der Waals surface area contributed by atoms with Crippen molar-refractivity contribution < 1.29 is 24.2 Å². The molecule has 7 heteroatoms. The number of amides is 1. The lowest BCUT2D eigenvalue weighted by atomic mass is 9.94. The molecule has 0 aliphatic carbocycles. The fourth-order valence-corrected chi connectivity index (χ4v) is 4.61. The minimum Gasteiger partial charge on any atom is -0.507 e. The van der Waals surface area contributed by atoms with Crippen molar-refractivity contribution in [2.75, 3.05) is 18.6 Å². The lowest BCUT2D eigenvalue weighted by Crippen LogP contribution is -2.29. The molecule has 0 saturated carbocycles. The molecule has 0 spiro atoms. The molecule has 6 nitrogen and oxygen atoms in total. The van der Waals surface area contributed by atoms with Gasteiger partial charge in [0.15, 0.2) is 0 Å². The van der Waals surface area contributed by atoms with Crippen molar-refractivity contribution in [1.29, 1.82) is 0 Å². The number of anilines is 1. The summed E-state index contributed by atoms with van der Waals surface area (Å²) in [5.74, 6) is -0.854. The van der Waals surface area contributed by atoms with Gasteiger partial charge in [-0.2, -0.15) is 0 Å². The Labute approximate surface area is 209 Å². The summed E-state index contributed by atoms with van der Waals surface area (Å²) in [6.07, 6.45) is 0.